The summed E-state index contributed by atoms with van der Waals surface area (Å²) < 4.78 is 6.48. The van der Waals surface area contributed by atoms with Crippen molar-refractivity contribution >= 4 is 38.4 Å². The average Bonchev–Trinajstić information content (AvgIpc) is 3.63. The molecule has 3 nitrogen and oxygen atoms in total. The molecule has 7 aromatic carbocycles. The van der Waals surface area contributed by atoms with Crippen molar-refractivity contribution in [2.45, 2.75) is 6.92 Å². The van der Waals surface area contributed by atoms with E-state index in [4.69, 9.17) is 14.4 Å². The lowest BCUT2D eigenvalue weighted by Crippen LogP contribution is -1.98. The average molecular weight is 693 g/mol. The van der Waals surface area contributed by atoms with Gasteiger partial charge in [0.25, 0.3) is 0 Å². The Morgan fingerprint density at radius 1 is 0.500 bits per heavy atom. The van der Waals surface area contributed by atoms with Crippen LogP contribution in [0.4, 0.5) is 0 Å². The Morgan fingerprint density at radius 2 is 1.02 bits per heavy atom. The predicted octanol–water partition coefficient (Wildman–Crippen LogP) is 14.0. The first-order valence-electron chi connectivity index (χ1n) is 18.2. The van der Waals surface area contributed by atoms with Gasteiger partial charge in [-0.05, 0) is 100.0 Å². The maximum Gasteiger partial charge on any atom is 0.161 e. The quantitative estimate of drug-likeness (QED) is 0.149. The molecule has 0 aliphatic carbocycles. The molecule has 0 amide bonds. The van der Waals surface area contributed by atoms with Crippen LogP contribution in [0.1, 0.15) is 12.6 Å². The molecule has 9 rings (SSSR count). The highest BCUT2D eigenvalue weighted by Gasteiger charge is 2.18. The monoisotopic (exact) mass is 692 g/mol. The van der Waals surface area contributed by atoms with Gasteiger partial charge in [0.15, 0.2) is 11.4 Å². The summed E-state index contributed by atoms with van der Waals surface area (Å²) in [6, 6.07) is 57.7. The van der Waals surface area contributed by atoms with Gasteiger partial charge in [0.1, 0.15) is 11.1 Å². The number of aromatic nitrogens is 2. The van der Waals surface area contributed by atoms with Gasteiger partial charge in [0, 0.05) is 27.3 Å². The molecule has 2 heterocycles. The van der Waals surface area contributed by atoms with Gasteiger partial charge in [-0.15, -0.1) is 0 Å². The second-order valence-electron chi connectivity index (χ2n) is 13.4. The Balaban J connectivity index is 1.18. The van der Waals surface area contributed by atoms with Crippen molar-refractivity contribution in [2.75, 3.05) is 0 Å². The first-order valence-corrected chi connectivity index (χ1v) is 18.2. The summed E-state index contributed by atoms with van der Waals surface area (Å²) >= 11 is 0. The predicted molar refractivity (Wildman–Crippen MR) is 227 cm³/mol. The third-order valence-electron chi connectivity index (χ3n) is 9.93. The van der Waals surface area contributed by atoms with Gasteiger partial charge in [0.05, 0.1) is 5.69 Å². The molecular formula is C51H36N2O. The van der Waals surface area contributed by atoms with Crippen molar-refractivity contribution in [1.82, 2.24) is 9.97 Å². The van der Waals surface area contributed by atoms with Crippen LogP contribution in [0.15, 0.2) is 199 Å². The Bertz CT molecular complexity index is 2840. The van der Waals surface area contributed by atoms with Gasteiger partial charge in [-0.3, -0.25) is 0 Å². The van der Waals surface area contributed by atoms with E-state index in [1.54, 1.807) is 6.08 Å². The van der Waals surface area contributed by atoms with Gasteiger partial charge in [-0.25, -0.2) is 9.97 Å². The zero-order valence-electron chi connectivity index (χ0n) is 29.9. The number of hydrogen-bond donors (Lipinski definition) is 0. The van der Waals surface area contributed by atoms with Crippen molar-refractivity contribution in [2.24, 2.45) is 0 Å². The summed E-state index contributed by atoms with van der Waals surface area (Å²) in [5.74, 6) is 0.631. The molecule has 0 saturated carbocycles. The van der Waals surface area contributed by atoms with Crippen LogP contribution < -0.4 is 0 Å². The summed E-state index contributed by atoms with van der Waals surface area (Å²) in [5.41, 5.74) is 14.3. The SMILES string of the molecule is C=C/C=C(\C=C/C)c1nc(-c2cccc(-c3cccc(-c4cc(-c5ccccc5)cc(-c5ccccc5)c4)c3)c2)nc2c1ccc1c3ccccc3oc12. The summed E-state index contributed by atoms with van der Waals surface area (Å²) in [7, 11) is 0. The summed E-state index contributed by atoms with van der Waals surface area (Å²) in [6.07, 6.45) is 7.88. The molecule has 3 heteroatoms. The van der Waals surface area contributed by atoms with E-state index in [0.717, 1.165) is 71.9 Å². The van der Waals surface area contributed by atoms with Crippen molar-refractivity contribution in [1.29, 1.82) is 0 Å². The summed E-state index contributed by atoms with van der Waals surface area (Å²) in [4.78, 5) is 10.5. The normalized spacial score (nSPS) is 11.9. The van der Waals surface area contributed by atoms with E-state index < -0.39 is 0 Å². The van der Waals surface area contributed by atoms with E-state index in [2.05, 4.69) is 158 Å². The van der Waals surface area contributed by atoms with E-state index in [9.17, 15) is 0 Å². The van der Waals surface area contributed by atoms with Crippen molar-refractivity contribution in [3.8, 4) is 55.9 Å². The van der Waals surface area contributed by atoms with Crippen LogP contribution in [0.5, 0.6) is 0 Å². The number of nitrogens with zero attached hydrogens (tertiary/aromatic N) is 2. The lowest BCUT2D eigenvalue weighted by atomic mass is 9.92. The Hall–Kier alpha value is -7.10. The molecule has 0 bridgehead atoms. The number of furan rings is 1. The lowest BCUT2D eigenvalue weighted by molar-refractivity contribution is 0.671. The van der Waals surface area contributed by atoms with Gasteiger partial charge in [-0.2, -0.15) is 0 Å². The first kappa shape index (κ1) is 32.8. The number of fused-ring (bicyclic) bond motifs is 5. The maximum absolute atomic E-state index is 6.48. The van der Waals surface area contributed by atoms with Crippen molar-refractivity contribution in [3.05, 3.63) is 200 Å². The molecule has 0 aliphatic heterocycles. The highest BCUT2D eigenvalue weighted by Crippen LogP contribution is 2.38. The second-order valence-corrected chi connectivity index (χ2v) is 13.4. The minimum Gasteiger partial charge on any atom is -0.454 e. The Kier molecular flexibility index (Phi) is 8.58. The smallest absolute Gasteiger partial charge is 0.161 e. The van der Waals surface area contributed by atoms with Gasteiger partial charge in [-0.1, -0.05) is 146 Å². The second kappa shape index (κ2) is 14.1. The van der Waals surface area contributed by atoms with Crippen LogP contribution >= 0.6 is 0 Å². The summed E-state index contributed by atoms with van der Waals surface area (Å²) in [6.45, 7) is 6.00. The minimum atomic E-state index is 0.631. The molecule has 0 saturated heterocycles. The molecule has 0 atom stereocenters. The zero-order valence-corrected chi connectivity index (χ0v) is 29.9. The van der Waals surface area contributed by atoms with Gasteiger partial charge >= 0.3 is 0 Å². The van der Waals surface area contributed by atoms with Crippen molar-refractivity contribution < 1.29 is 4.42 Å². The van der Waals surface area contributed by atoms with Crippen molar-refractivity contribution in [3.63, 3.8) is 0 Å². The zero-order chi connectivity index (χ0) is 36.4. The molecule has 9 aromatic rings. The first-order chi connectivity index (χ1) is 26.7. The molecule has 0 aliphatic rings. The molecule has 0 spiro atoms. The molecule has 256 valence electrons. The topological polar surface area (TPSA) is 38.9 Å². The molecule has 0 unspecified atom stereocenters. The van der Waals surface area contributed by atoms with Gasteiger partial charge < -0.3 is 4.42 Å². The van der Waals surface area contributed by atoms with Gasteiger partial charge in [0.2, 0.25) is 0 Å². The molecule has 0 fully saturated rings. The van der Waals surface area contributed by atoms with Crippen LogP contribution in [-0.4, -0.2) is 9.97 Å². The minimum absolute atomic E-state index is 0.631. The Morgan fingerprint density at radius 3 is 1.67 bits per heavy atom. The summed E-state index contributed by atoms with van der Waals surface area (Å²) in [5, 5.41) is 3.03. The van der Waals surface area contributed by atoms with E-state index >= 15 is 0 Å². The Labute approximate surface area is 314 Å². The highest BCUT2D eigenvalue weighted by molar-refractivity contribution is 6.15. The lowest BCUT2D eigenvalue weighted by Gasteiger charge is -2.13. The van der Waals surface area contributed by atoms with E-state index in [-0.39, 0.29) is 0 Å². The number of benzene rings is 7. The van der Waals surface area contributed by atoms with E-state index in [0.29, 0.717) is 5.82 Å². The maximum atomic E-state index is 6.48. The van der Waals surface area contributed by atoms with Crippen LogP contribution in [0, 0.1) is 0 Å². The molecule has 0 radical (unpaired) electrons. The standard InChI is InChI=1S/C51H36N2O/c1-3-15-36(16-4-2)48-46-28-27-45-44-25-11-12-26-47(44)54-50(45)49(46)53-51(52-48)40-24-14-22-38(30-40)37-21-13-23-39(29-37)43-32-41(34-17-7-5-8-18-34)31-42(33-43)35-19-9-6-10-20-35/h3-33H,1H2,2H3/b16-4-,36-15+. The molecule has 2 aromatic heterocycles. The third kappa shape index (κ3) is 6.12. The van der Waals surface area contributed by atoms with E-state index in [1.807, 2.05) is 37.3 Å². The number of allylic oxidation sites excluding steroid dienone is 5. The fourth-order valence-corrected chi connectivity index (χ4v) is 7.35. The van der Waals surface area contributed by atoms with Crippen LogP contribution in [-0.2, 0) is 0 Å². The fourth-order valence-electron chi connectivity index (χ4n) is 7.35. The van der Waals surface area contributed by atoms with Crippen LogP contribution in [0.2, 0.25) is 0 Å². The van der Waals surface area contributed by atoms with Crippen LogP contribution in [0.3, 0.4) is 0 Å². The number of para-hydroxylation sites is 1. The third-order valence-corrected chi connectivity index (χ3v) is 9.93. The number of rotatable bonds is 8. The van der Waals surface area contributed by atoms with E-state index in [1.165, 1.54) is 22.3 Å². The molecule has 0 N–H and O–H groups in total. The number of hydrogen-bond acceptors (Lipinski definition) is 3. The molecular weight excluding hydrogens is 657 g/mol. The molecule has 54 heavy (non-hydrogen) atoms. The highest BCUT2D eigenvalue weighted by atomic mass is 16.3. The largest absolute Gasteiger partial charge is 0.454 e. The fraction of sp³-hybridized carbons (Fsp3) is 0.0196. The van der Waals surface area contributed by atoms with Crippen LogP contribution in [0.25, 0.3) is 94.3 Å².